The quantitative estimate of drug-likeness (QED) is 0.631. The molecule has 0 fully saturated rings. The predicted octanol–water partition coefficient (Wildman–Crippen LogP) is 2.02. The van der Waals surface area contributed by atoms with Crippen LogP contribution in [0.2, 0.25) is 0 Å². The molecule has 0 aliphatic carbocycles. The van der Waals surface area contributed by atoms with Crippen LogP contribution in [0.5, 0.6) is 5.75 Å². The number of carbonyl (C=O) groups excluding carboxylic acids is 2. The third-order valence-corrected chi connectivity index (χ3v) is 6.06. The molecule has 0 radical (unpaired) electrons. The minimum Gasteiger partial charge on any atom is -0.495 e. The summed E-state index contributed by atoms with van der Waals surface area (Å²) in [7, 11) is -2.15. The molecule has 0 spiro atoms. The summed E-state index contributed by atoms with van der Waals surface area (Å²) in [4.78, 5) is 23.2. The normalized spacial score (nSPS) is 11.0. The van der Waals surface area contributed by atoms with Crippen molar-refractivity contribution >= 4 is 44.5 Å². The SMILES string of the molecule is COc1ccc(NC(C)=O)cc1NC(=O)CCNS(=O)(=O)c1cccs1. The molecule has 3 N–H and O–H groups in total. The number of rotatable bonds is 8. The molecule has 1 aromatic carbocycles. The number of carbonyl (C=O) groups is 2. The lowest BCUT2D eigenvalue weighted by molar-refractivity contribution is -0.116. The molecule has 0 unspecified atom stereocenters. The van der Waals surface area contributed by atoms with Gasteiger partial charge in [-0.3, -0.25) is 9.59 Å². The molecule has 8 nitrogen and oxygen atoms in total. The maximum atomic E-state index is 12.1. The first kappa shape index (κ1) is 19.9. The minimum atomic E-state index is -3.60. The number of sulfonamides is 1. The van der Waals surface area contributed by atoms with Gasteiger partial charge in [0.25, 0.3) is 0 Å². The van der Waals surface area contributed by atoms with E-state index in [0.717, 1.165) is 11.3 Å². The summed E-state index contributed by atoms with van der Waals surface area (Å²) in [5.41, 5.74) is 0.886. The molecule has 0 saturated carbocycles. The van der Waals surface area contributed by atoms with Crippen molar-refractivity contribution in [3.8, 4) is 5.75 Å². The lowest BCUT2D eigenvalue weighted by Gasteiger charge is -2.12. The van der Waals surface area contributed by atoms with Gasteiger partial charge in [0.1, 0.15) is 9.96 Å². The molecule has 1 heterocycles. The van der Waals surface area contributed by atoms with Gasteiger partial charge in [0.05, 0.1) is 12.8 Å². The smallest absolute Gasteiger partial charge is 0.250 e. The van der Waals surface area contributed by atoms with Crippen LogP contribution in [0.4, 0.5) is 11.4 Å². The molecule has 0 atom stereocenters. The molecule has 0 aliphatic rings. The van der Waals surface area contributed by atoms with Crippen LogP contribution in [0.1, 0.15) is 13.3 Å². The maximum Gasteiger partial charge on any atom is 0.250 e. The van der Waals surface area contributed by atoms with Crippen LogP contribution in [0.15, 0.2) is 39.9 Å². The lowest BCUT2D eigenvalue weighted by atomic mass is 10.2. The van der Waals surface area contributed by atoms with Crippen molar-refractivity contribution in [3.63, 3.8) is 0 Å². The first-order valence-electron chi connectivity index (χ1n) is 7.60. The number of ether oxygens (including phenoxy) is 1. The Balaban J connectivity index is 1.95. The number of methoxy groups -OCH3 is 1. The van der Waals surface area contributed by atoms with E-state index < -0.39 is 15.9 Å². The molecule has 0 aliphatic heterocycles. The highest BCUT2D eigenvalue weighted by Gasteiger charge is 2.15. The van der Waals surface area contributed by atoms with Crippen molar-refractivity contribution in [2.75, 3.05) is 24.3 Å². The van der Waals surface area contributed by atoms with Gasteiger partial charge >= 0.3 is 0 Å². The molecule has 2 rings (SSSR count). The van der Waals surface area contributed by atoms with E-state index >= 15 is 0 Å². The Hall–Kier alpha value is -2.43. The summed E-state index contributed by atoms with van der Waals surface area (Å²) in [6, 6.07) is 7.95. The van der Waals surface area contributed by atoms with E-state index in [1.165, 1.54) is 20.1 Å². The molecule has 0 bridgehead atoms. The Bertz CT molecular complexity index is 879. The fourth-order valence-corrected chi connectivity index (χ4v) is 4.16. The fraction of sp³-hybridized carbons (Fsp3) is 0.250. The van der Waals surface area contributed by atoms with E-state index in [9.17, 15) is 18.0 Å². The summed E-state index contributed by atoms with van der Waals surface area (Å²) in [5.74, 6) is -0.209. The average molecular weight is 397 g/mol. The van der Waals surface area contributed by atoms with Crippen LogP contribution in [-0.2, 0) is 19.6 Å². The molecule has 2 amide bonds. The van der Waals surface area contributed by atoms with E-state index in [-0.39, 0.29) is 23.1 Å². The van der Waals surface area contributed by atoms with Gasteiger partial charge in [-0.2, -0.15) is 0 Å². The highest BCUT2D eigenvalue weighted by atomic mass is 32.2. The Morgan fingerprint density at radius 3 is 2.58 bits per heavy atom. The number of anilines is 2. The van der Waals surface area contributed by atoms with Crippen LogP contribution in [0, 0.1) is 0 Å². The lowest BCUT2D eigenvalue weighted by Crippen LogP contribution is -2.27. The van der Waals surface area contributed by atoms with Crippen molar-refractivity contribution in [1.82, 2.24) is 4.72 Å². The number of benzene rings is 1. The van der Waals surface area contributed by atoms with Gasteiger partial charge < -0.3 is 15.4 Å². The minimum absolute atomic E-state index is 0.0419. The Kier molecular flexibility index (Phi) is 6.72. The third kappa shape index (κ3) is 5.55. The van der Waals surface area contributed by atoms with Crippen molar-refractivity contribution < 1.29 is 22.7 Å². The summed E-state index contributed by atoms with van der Waals surface area (Å²) in [6.07, 6.45) is -0.0574. The van der Waals surface area contributed by atoms with E-state index in [1.807, 2.05) is 0 Å². The predicted molar refractivity (Wildman–Crippen MR) is 100 cm³/mol. The molecule has 26 heavy (non-hydrogen) atoms. The summed E-state index contributed by atoms with van der Waals surface area (Å²) >= 11 is 1.10. The first-order valence-corrected chi connectivity index (χ1v) is 9.97. The zero-order valence-corrected chi connectivity index (χ0v) is 15.9. The fourth-order valence-electron chi connectivity index (χ4n) is 2.09. The van der Waals surface area contributed by atoms with Crippen molar-refractivity contribution in [2.24, 2.45) is 0 Å². The van der Waals surface area contributed by atoms with Crippen LogP contribution in [-0.4, -0.2) is 33.9 Å². The average Bonchev–Trinajstić information content (AvgIpc) is 3.10. The van der Waals surface area contributed by atoms with Gasteiger partial charge in [0.2, 0.25) is 21.8 Å². The van der Waals surface area contributed by atoms with Crippen molar-refractivity contribution in [3.05, 3.63) is 35.7 Å². The topological polar surface area (TPSA) is 114 Å². The van der Waals surface area contributed by atoms with Crippen LogP contribution in [0.25, 0.3) is 0 Å². The molecule has 2 aromatic rings. The van der Waals surface area contributed by atoms with Gasteiger partial charge in [-0.25, -0.2) is 13.1 Å². The van der Waals surface area contributed by atoms with Gasteiger partial charge in [-0.15, -0.1) is 11.3 Å². The highest BCUT2D eigenvalue weighted by molar-refractivity contribution is 7.91. The molecule has 1 aromatic heterocycles. The number of nitrogens with one attached hydrogen (secondary N) is 3. The number of amides is 2. The van der Waals surface area contributed by atoms with Crippen LogP contribution >= 0.6 is 11.3 Å². The Morgan fingerprint density at radius 1 is 1.19 bits per heavy atom. The molecule has 0 saturated heterocycles. The van der Waals surface area contributed by atoms with Gasteiger partial charge in [-0.1, -0.05) is 6.07 Å². The largest absolute Gasteiger partial charge is 0.495 e. The van der Waals surface area contributed by atoms with E-state index in [0.29, 0.717) is 17.1 Å². The monoisotopic (exact) mass is 397 g/mol. The van der Waals surface area contributed by atoms with Gasteiger partial charge in [0, 0.05) is 25.6 Å². The van der Waals surface area contributed by atoms with Crippen LogP contribution in [0.3, 0.4) is 0 Å². The van der Waals surface area contributed by atoms with Crippen molar-refractivity contribution in [2.45, 2.75) is 17.6 Å². The molecule has 10 heteroatoms. The zero-order chi connectivity index (χ0) is 19.2. The Morgan fingerprint density at radius 2 is 1.96 bits per heavy atom. The number of hydrogen-bond donors (Lipinski definition) is 3. The molecular weight excluding hydrogens is 378 g/mol. The summed E-state index contributed by atoms with van der Waals surface area (Å²) in [6.45, 7) is 1.34. The first-order chi connectivity index (χ1) is 12.3. The maximum absolute atomic E-state index is 12.1. The van der Waals surface area contributed by atoms with E-state index in [2.05, 4.69) is 15.4 Å². The van der Waals surface area contributed by atoms with Gasteiger partial charge in [0.15, 0.2) is 0 Å². The van der Waals surface area contributed by atoms with Crippen molar-refractivity contribution in [1.29, 1.82) is 0 Å². The standard InChI is InChI=1S/C16H19N3O5S2/c1-11(20)18-12-5-6-14(24-2)13(10-12)19-15(21)7-8-17-26(22,23)16-4-3-9-25-16/h3-6,9-10,17H,7-8H2,1-2H3,(H,18,20)(H,19,21). The summed E-state index contributed by atoms with van der Waals surface area (Å²) < 4.78 is 31.7. The number of thiophene rings is 1. The van der Waals surface area contributed by atoms with Gasteiger partial charge in [-0.05, 0) is 29.6 Å². The van der Waals surface area contributed by atoms with Crippen LogP contribution < -0.4 is 20.1 Å². The van der Waals surface area contributed by atoms with E-state index in [4.69, 9.17) is 4.74 Å². The number of hydrogen-bond acceptors (Lipinski definition) is 6. The highest BCUT2D eigenvalue weighted by Crippen LogP contribution is 2.28. The summed E-state index contributed by atoms with van der Waals surface area (Å²) in [5, 5.41) is 6.92. The second-order valence-electron chi connectivity index (χ2n) is 5.22. The molecular formula is C16H19N3O5S2. The Labute approximate surface area is 155 Å². The van der Waals surface area contributed by atoms with E-state index in [1.54, 1.807) is 29.6 Å². The second-order valence-corrected chi connectivity index (χ2v) is 8.17. The zero-order valence-electron chi connectivity index (χ0n) is 14.2. The second kappa shape index (κ2) is 8.79. The third-order valence-electron chi connectivity index (χ3n) is 3.20. The molecule has 140 valence electrons.